The van der Waals surface area contributed by atoms with Crippen LogP contribution in [0.5, 0.6) is 0 Å². The first-order chi connectivity index (χ1) is 8.93. The first-order valence-electron chi connectivity index (χ1n) is 6.59. The van der Waals surface area contributed by atoms with Crippen molar-refractivity contribution in [3.63, 3.8) is 0 Å². The van der Waals surface area contributed by atoms with Gasteiger partial charge in [0, 0.05) is 0 Å². The van der Waals surface area contributed by atoms with E-state index in [1.807, 2.05) is 20.8 Å². The molecule has 132 valence electrons. The normalized spacial score (nSPS) is 11.6. The molecule has 0 spiro atoms. The Kier molecular flexibility index (Phi) is 20.1. The van der Waals surface area contributed by atoms with Crippen molar-refractivity contribution in [2.24, 2.45) is 0 Å². The van der Waals surface area contributed by atoms with E-state index < -0.39 is 0 Å². The molecule has 0 unspecified atom stereocenters. The summed E-state index contributed by atoms with van der Waals surface area (Å²) in [5.41, 5.74) is 8.24. The number of fused-ring (bicyclic) bond motifs is 1. The number of hydrogen-bond acceptors (Lipinski definition) is 0. The minimum Gasteiger partial charge on any atom is -0.165 e. The van der Waals surface area contributed by atoms with E-state index in [-0.39, 0.29) is 45.2 Å². The van der Waals surface area contributed by atoms with Gasteiger partial charge in [0.2, 0.25) is 0 Å². The molecule has 1 saturated carbocycles. The first kappa shape index (κ1) is 31.3. The molecule has 0 amide bonds. The Hall–Kier alpha value is 0.470. The van der Waals surface area contributed by atoms with E-state index in [0.717, 1.165) is 5.92 Å². The summed E-state index contributed by atoms with van der Waals surface area (Å²) in [6, 6.07) is 13.3. The van der Waals surface area contributed by atoms with Gasteiger partial charge in [-0.25, -0.2) is 0 Å². The van der Waals surface area contributed by atoms with Crippen LogP contribution in [-0.4, -0.2) is 12.4 Å². The van der Waals surface area contributed by atoms with Crippen LogP contribution >= 0.6 is 24.8 Å². The number of benzene rings is 1. The molecular weight excluding hydrogens is 420 g/mol. The molecular formula is C18H29Cl2NSiZr-4. The van der Waals surface area contributed by atoms with Crippen molar-refractivity contribution in [3.8, 4) is 0 Å². The van der Waals surface area contributed by atoms with Crippen molar-refractivity contribution in [2.75, 3.05) is 0 Å². The predicted octanol–water partition coefficient (Wildman–Crippen LogP) is 6.63. The third-order valence-electron chi connectivity index (χ3n) is 2.69. The summed E-state index contributed by atoms with van der Waals surface area (Å²) in [5, 5.41) is 2.80. The number of hydrogen-bond donors (Lipinski definition) is 0. The number of nitrogens with one attached hydrogen (secondary N) is 1. The molecule has 1 aliphatic carbocycles. The molecule has 1 fully saturated rings. The molecule has 2 aromatic carbocycles. The average molecular weight is 450 g/mol. The summed E-state index contributed by atoms with van der Waals surface area (Å²) in [7, 11) is 0. The Balaban J connectivity index is -0.000000147. The number of rotatable bonds is 1. The van der Waals surface area contributed by atoms with Crippen molar-refractivity contribution in [1.29, 1.82) is 0 Å². The SMILES string of the molecule is CC(C)(C)[NH-].Cl.Cl.[CH3-].[CH3-].[Si]=[Zr].c1ccc2[cH-]c(C3CC3)cc2c1. The van der Waals surface area contributed by atoms with Gasteiger partial charge in [-0.15, -0.1) is 71.0 Å². The summed E-state index contributed by atoms with van der Waals surface area (Å²) in [4.78, 5) is 0. The molecule has 0 aliphatic heterocycles. The van der Waals surface area contributed by atoms with Crippen molar-refractivity contribution in [2.45, 2.75) is 45.1 Å². The third-order valence-corrected chi connectivity index (χ3v) is 2.69. The second-order valence-corrected chi connectivity index (χ2v) is 5.94. The molecule has 1 nitrogen and oxygen atoms in total. The van der Waals surface area contributed by atoms with Crippen molar-refractivity contribution in [1.82, 2.24) is 0 Å². The van der Waals surface area contributed by atoms with Crippen LogP contribution in [0.1, 0.15) is 45.1 Å². The minimum atomic E-state index is -0.250. The third kappa shape index (κ3) is 13.4. The number of halogens is 2. The van der Waals surface area contributed by atoms with Crippen LogP contribution in [0.2, 0.25) is 0 Å². The van der Waals surface area contributed by atoms with Gasteiger partial charge in [-0.3, -0.25) is 0 Å². The molecule has 23 heavy (non-hydrogen) atoms. The second kappa shape index (κ2) is 14.8. The van der Waals surface area contributed by atoms with Gasteiger partial charge in [-0.2, -0.15) is 6.07 Å². The van der Waals surface area contributed by atoms with Gasteiger partial charge in [0.25, 0.3) is 0 Å². The van der Waals surface area contributed by atoms with Crippen LogP contribution in [0.15, 0.2) is 36.4 Å². The predicted molar refractivity (Wildman–Crippen MR) is 109 cm³/mol. The van der Waals surface area contributed by atoms with Gasteiger partial charge in [-0.1, -0.05) is 26.8 Å². The molecule has 2 radical (unpaired) electrons. The van der Waals surface area contributed by atoms with Crippen molar-refractivity contribution < 1.29 is 23.3 Å². The fourth-order valence-electron chi connectivity index (χ4n) is 1.83. The maximum atomic E-state index is 6.94. The van der Waals surface area contributed by atoms with E-state index in [1.54, 1.807) is 5.56 Å². The van der Waals surface area contributed by atoms with Crippen LogP contribution in [0, 0.1) is 14.9 Å². The molecule has 0 aromatic heterocycles. The van der Waals surface area contributed by atoms with Gasteiger partial charge in [-0.05, 0) is 18.8 Å². The summed E-state index contributed by atoms with van der Waals surface area (Å²) in [6.07, 6.45) is 2.80. The van der Waals surface area contributed by atoms with Gasteiger partial charge in [0.15, 0.2) is 0 Å². The Morgan fingerprint density at radius 2 is 1.52 bits per heavy atom. The van der Waals surface area contributed by atoms with Gasteiger partial charge in [0.05, 0.1) is 0 Å². The molecule has 2 aromatic rings. The van der Waals surface area contributed by atoms with E-state index in [1.165, 1.54) is 46.9 Å². The quantitative estimate of drug-likeness (QED) is 0.344. The Bertz CT molecular complexity index is 480. The Morgan fingerprint density at radius 1 is 1.09 bits per heavy atom. The smallest absolute Gasteiger partial charge is 0.0340 e. The average Bonchev–Trinajstić information content (AvgIpc) is 3.09. The maximum Gasteiger partial charge on any atom is -0.0340 e. The zero-order valence-corrected chi connectivity index (χ0v) is 19.9. The molecule has 0 bridgehead atoms. The van der Waals surface area contributed by atoms with Gasteiger partial charge < -0.3 is 20.6 Å². The molecule has 0 atom stereocenters. The molecule has 3 rings (SSSR count). The molecule has 5 heteroatoms. The van der Waals surface area contributed by atoms with Crippen LogP contribution < -0.4 is 0 Å². The largest absolute Gasteiger partial charge is 0.165 e. The fraction of sp³-hybridized carbons (Fsp3) is 0.389. The summed E-state index contributed by atoms with van der Waals surface area (Å²) < 4.78 is 0. The van der Waals surface area contributed by atoms with Crippen molar-refractivity contribution in [3.05, 3.63) is 62.5 Å². The van der Waals surface area contributed by atoms with E-state index in [4.69, 9.17) is 5.73 Å². The standard InChI is InChI=1S/C12H11.C4H10N.2CH3.2ClH.Si.Zr/c1-2-4-11-8-12(9-5-6-9)7-10(11)3-1;1-4(2,3)5;;;;;;/h1-4,7-9H,5-6H2;5H,1-3H3;2*1H3;2*1H;;/q4*-1;;;;. The zero-order chi connectivity index (χ0) is 14.5. The Morgan fingerprint density at radius 3 is 1.91 bits per heavy atom. The fourth-order valence-corrected chi connectivity index (χ4v) is 1.83. The van der Waals surface area contributed by atoms with Crippen molar-refractivity contribution >= 4 is 42.5 Å². The van der Waals surface area contributed by atoms with Crippen LogP contribution in [0.25, 0.3) is 16.5 Å². The molecule has 1 N–H and O–H groups in total. The summed E-state index contributed by atoms with van der Waals surface area (Å²) in [5.74, 6) is 0.886. The van der Waals surface area contributed by atoms with E-state index >= 15 is 0 Å². The van der Waals surface area contributed by atoms with E-state index in [2.05, 4.69) is 43.3 Å². The molecule has 0 saturated heterocycles. The monoisotopic (exact) mass is 447 g/mol. The van der Waals surface area contributed by atoms with Crippen LogP contribution in [0.4, 0.5) is 0 Å². The van der Waals surface area contributed by atoms with E-state index in [9.17, 15) is 0 Å². The first-order valence-corrected chi connectivity index (χ1v) is 10.8. The van der Waals surface area contributed by atoms with Crippen LogP contribution in [-0.2, 0) is 23.3 Å². The molecule has 0 heterocycles. The second-order valence-electron chi connectivity index (χ2n) is 5.94. The van der Waals surface area contributed by atoms with Crippen LogP contribution in [0.3, 0.4) is 0 Å². The van der Waals surface area contributed by atoms with Gasteiger partial charge >= 0.3 is 30.2 Å². The Labute approximate surface area is 172 Å². The molecule has 1 aliphatic rings. The summed E-state index contributed by atoms with van der Waals surface area (Å²) in [6.45, 7) is 8.62. The maximum absolute atomic E-state index is 6.94. The minimum absolute atomic E-state index is 0. The van der Waals surface area contributed by atoms with E-state index in [0.29, 0.717) is 0 Å². The van der Waals surface area contributed by atoms with Gasteiger partial charge in [0.1, 0.15) is 0 Å². The summed E-state index contributed by atoms with van der Waals surface area (Å²) >= 11 is 1.36. The zero-order valence-electron chi connectivity index (χ0n) is 14.8. The topological polar surface area (TPSA) is 23.8 Å².